The van der Waals surface area contributed by atoms with E-state index in [1.54, 1.807) is 12.1 Å². The highest BCUT2D eigenvalue weighted by Gasteiger charge is 2.44. The van der Waals surface area contributed by atoms with Gasteiger partial charge in [0.2, 0.25) is 0 Å². The predicted molar refractivity (Wildman–Crippen MR) is 69.8 cm³/mol. The molecule has 18 heavy (non-hydrogen) atoms. The SMILES string of the molecule is Cc1cc([N+](=O)[O-])ccc1N1CC(O)(C(C)C)C1. The summed E-state index contributed by atoms with van der Waals surface area (Å²) in [6.07, 6.45) is 0. The first kappa shape index (κ1) is 12.8. The van der Waals surface area contributed by atoms with E-state index >= 15 is 0 Å². The van der Waals surface area contributed by atoms with Crippen LogP contribution in [0, 0.1) is 23.0 Å². The highest BCUT2D eigenvalue weighted by atomic mass is 16.6. The zero-order valence-electron chi connectivity index (χ0n) is 10.9. The molecule has 0 unspecified atom stereocenters. The van der Waals surface area contributed by atoms with Gasteiger partial charge in [-0.2, -0.15) is 0 Å². The van der Waals surface area contributed by atoms with E-state index in [-0.39, 0.29) is 11.6 Å². The average molecular weight is 250 g/mol. The van der Waals surface area contributed by atoms with Crippen molar-refractivity contribution in [2.45, 2.75) is 26.4 Å². The minimum atomic E-state index is -0.631. The molecule has 0 atom stereocenters. The molecule has 1 fully saturated rings. The number of β-amino-alcohol motifs (C(OH)–C–C–N with tert-alkyl or cyclic N) is 1. The molecule has 1 aromatic carbocycles. The molecule has 1 N–H and O–H groups in total. The van der Waals surface area contributed by atoms with E-state index in [4.69, 9.17) is 0 Å². The second-order valence-electron chi connectivity index (χ2n) is 5.34. The standard InChI is InChI=1S/C13H18N2O3/c1-9(2)13(16)7-14(8-13)12-5-4-11(15(17)18)6-10(12)3/h4-6,9,16H,7-8H2,1-3H3. The number of benzene rings is 1. The fourth-order valence-corrected chi connectivity index (χ4v) is 2.26. The predicted octanol–water partition coefficient (Wildman–Crippen LogP) is 2.11. The smallest absolute Gasteiger partial charge is 0.269 e. The molecule has 0 amide bonds. The summed E-state index contributed by atoms with van der Waals surface area (Å²) in [5.74, 6) is 0.215. The van der Waals surface area contributed by atoms with Gasteiger partial charge in [0.25, 0.3) is 5.69 Å². The molecule has 1 aliphatic rings. The Labute approximate surface area is 106 Å². The number of hydrogen-bond donors (Lipinski definition) is 1. The van der Waals surface area contributed by atoms with Gasteiger partial charge in [-0.15, -0.1) is 0 Å². The van der Waals surface area contributed by atoms with Crippen molar-refractivity contribution in [2.75, 3.05) is 18.0 Å². The second-order valence-corrected chi connectivity index (χ2v) is 5.34. The highest BCUT2D eigenvalue weighted by molar-refractivity contribution is 5.59. The maximum atomic E-state index is 10.7. The van der Waals surface area contributed by atoms with Gasteiger partial charge in [0.15, 0.2) is 0 Å². The molecular weight excluding hydrogens is 232 g/mol. The molecule has 0 radical (unpaired) electrons. The van der Waals surface area contributed by atoms with E-state index in [1.807, 2.05) is 20.8 Å². The van der Waals surface area contributed by atoms with Gasteiger partial charge >= 0.3 is 0 Å². The van der Waals surface area contributed by atoms with Crippen molar-refractivity contribution in [1.82, 2.24) is 0 Å². The fraction of sp³-hybridized carbons (Fsp3) is 0.538. The number of non-ortho nitro benzene ring substituents is 1. The fourth-order valence-electron chi connectivity index (χ4n) is 2.26. The second kappa shape index (κ2) is 4.24. The van der Waals surface area contributed by atoms with Gasteiger partial charge in [-0.1, -0.05) is 13.8 Å². The normalized spacial score (nSPS) is 17.7. The van der Waals surface area contributed by atoms with E-state index in [0.29, 0.717) is 13.1 Å². The summed E-state index contributed by atoms with van der Waals surface area (Å²) in [6, 6.07) is 4.84. The van der Waals surface area contributed by atoms with Crippen LogP contribution < -0.4 is 4.90 Å². The number of nitro benzene ring substituents is 1. The quantitative estimate of drug-likeness (QED) is 0.659. The minimum Gasteiger partial charge on any atom is -0.386 e. The third-order valence-electron chi connectivity index (χ3n) is 3.74. The van der Waals surface area contributed by atoms with Crippen molar-refractivity contribution in [3.63, 3.8) is 0 Å². The van der Waals surface area contributed by atoms with Gasteiger partial charge < -0.3 is 10.0 Å². The Kier molecular flexibility index (Phi) is 3.02. The number of nitro groups is 1. The molecule has 0 aliphatic carbocycles. The van der Waals surface area contributed by atoms with Crippen LogP contribution in [-0.4, -0.2) is 28.7 Å². The Balaban J connectivity index is 2.15. The van der Waals surface area contributed by atoms with Crippen molar-refractivity contribution < 1.29 is 10.0 Å². The van der Waals surface area contributed by atoms with Crippen LogP contribution in [0.15, 0.2) is 18.2 Å². The molecule has 2 rings (SSSR count). The van der Waals surface area contributed by atoms with Crippen molar-refractivity contribution in [1.29, 1.82) is 0 Å². The summed E-state index contributed by atoms with van der Waals surface area (Å²) in [6.45, 7) is 7.03. The number of aryl methyl sites for hydroxylation is 1. The van der Waals surface area contributed by atoms with E-state index in [1.165, 1.54) is 6.07 Å². The first-order valence-corrected chi connectivity index (χ1v) is 6.06. The van der Waals surface area contributed by atoms with Gasteiger partial charge in [-0.05, 0) is 24.5 Å². The van der Waals surface area contributed by atoms with Crippen molar-refractivity contribution in [3.8, 4) is 0 Å². The maximum Gasteiger partial charge on any atom is 0.269 e. The number of hydrogen-bond acceptors (Lipinski definition) is 4. The van der Waals surface area contributed by atoms with Crippen LogP contribution in [0.3, 0.4) is 0 Å². The molecule has 1 aromatic rings. The van der Waals surface area contributed by atoms with Crippen LogP contribution in [0.4, 0.5) is 11.4 Å². The zero-order chi connectivity index (χ0) is 13.5. The van der Waals surface area contributed by atoms with Crippen LogP contribution >= 0.6 is 0 Å². The molecule has 5 nitrogen and oxygen atoms in total. The molecule has 0 spiro atoms. The first-order valence-electron chi connectivity index (χ1n) is 6.06. The zero-order valence-corrected chi connectivity index (χ0v) is 10.9. The Morgan fingerprint density at radius 3 is 2.50 bits per heavy atom. The van der Waals surface area contributed by atoms with Gasteiger partial charge in [0.05, 0.1) is 4.92 Å². The van der Waals surface area contributed by atoms with Crippen LogP contribution in [0.5, 0.6) is 0 Å². The molecule has 1 heterocycles. The van der Waals surface area contributed by atoms with E-state index < -0.39 is 10.5 Å². The minimum absolute atomic E-state index is 0.107. The summed E-state index contributed by atoms with van der Waals surface area (Å²) in [7, 11) is 0. The number of aliphatic hydroxyl groups is 1. The number of anilines is 1. The molecule has 1 saturated heterocycles. The van der Waals surface area contributed by atoms with Crippen LogP contribution in [0.25, 0.3) is 0 Å². The summed E-state index contributed by atoms with van der Waals surface area (Å²) in [4.78, 5) is 12.3. The monoisotopic (exact) mass is 250 g/mol. The summed E-state index contributed by atoms with van der Waals surface area (Å²) >= 11 is 0. The maximum absolute atomic E-state index is 10.7. The highest BCUT2D eigenvalue weighted by Crippen LogP contribution is 2.35. The third-order valence-corrected chi connectivity index (χ3v) is 3.74. The van der Waals surface area contributed by atoms with Gasteiger partial charge in [-0.25, -0.2) is 0 Å². The van der Waals surface area contributed by atoms with Crippen LogP contribution in [0.2, 0.25) is 0 Å². The Bertz CT molecular complexity index is 479. The molecule has 98 valence electrons. The average Bonchev–Trinajstić information content (AvgIpc) is 2.24. The molecule has 1 aliphatic heterocycles. The van der Waals surface area contributed by atoms with E-state index in [0.717, 1.165) is 11.3 Å². The van der Waals surface area contributed by atoms with E-state index in [2.05, 4.69) is 4.90 Å². The van der Waals surface area contributed by atoms with Crippen LogP contribution in [-0.2, 0) is 0 Å². The molecule has 0 saturated carbocycles. The van der Waals surface area contributed by atoms with Gasteiger partial charge in [0.1, 0.15) is 5.60 Å². The topological polar surface area (TPSA) is 66.6 Å². The van der Waals surface area contributed by atoms with E-state index in [9.17, 15) is 15.2 Å². The summed E-state index contributed by atoms with van der Waals surface area (Å²) in [5, 5.41) is 20.9. The summed E-state index contributed by atoms with van der Waals surface area (Å²) < 4.78 is 0. The van der Waals surface area contributed by atoms with Gasteiger partial charge in [-0.3, -0.25) is 10.1 Å². The largest absolute Gasteiger partial charge is 0.386 e. The number of nitrogens with zero attached hydrogens (tertiary/aromatic N) is 2. The van der Waals surface area contributed by atoms with Crippen molar-refractivity contribution in [3.05, 3.63) is 33.9 Å². The molecule has 0 bridgehead atoms. The Morgan fingerprint density at radius 1 is 1.44 bits per heavy atom. The lowest BCUT2D eigenvalue weighted by atomic mass is 9.82. The summed E-state index contributed by atoms with van der Waals surface area (Å²) in [5.41, 5.74) is 1.31. The van der Waals surface area contributed by atoms with Crippen LogP contribution in [0.1, 0.15) is 19.4 Å². The Hall–Kier alpha value is -1.62. The van der Waals surface area contributed by atoms with Crippen molar-refractivity contribution >= 4 is 11.4 Å². The number of rotatable bonds is 3. The van der Waals surface area contributed by atoms with Crippen molar-refractivity contribution in [2.24, 2.45) is 5.92 Å². The molecular formula is C13H18N2O3. The lowest BCUT2D eigenvalue weighted by molar-refractivity contribution is -0.384. The Morgan fingerprint density at radius 2 is 2.06 bits per heavy atom. The first-order chi connectivity index (χ1) is 8.33. The lowest BCUT2D eigenvalue weighted by Gasteiger charge is -2.50. The molecule has 0 aromatic heterocycles. The lowest BCUT2D eigenvalue weighted by Crippen LogP contribution is -2.64. The third kappa shape index (κ3) is 2.06. The van der Waals surface area contributed by atoms with Gasteiger partial charge in [0, 0.05) is 30.9 Å². The molecule has 5 heteroatoms.